The second-order valence-electron chi connectivity index (χ2n) is 3.13. The minimum absolute atomic E-state index is 0.365. The highest BCUT2D eigenvalue weighted by Crippen LogP contribution is 2.09. The molecule has 1 aromatic carbocycles. The molecule has 0 atom stereocenters. The van der Waals surface area contributed by atoms with Gasteiger partial charge in [-0.1, -0.05) is 6.07 Å². The van der Waals surface area contributed by atoms with Crippen molar-refractivity contribution in [1.29, 1.82) is 0 Å². The minimum Gasteiger partial charge on any atom is -0.379 e. The van der Waals surface area contributed by atoms with Gasteiger partial charge in [0.25, 0.3) is 0 Å². The molecular formula is C10H14F2O3Si. The maximum absolute atomic E-state index is 12.8. The highest BCUT2D eigenvalue weighted by Gasteiger charge is 2.10. The van der Waals surface area contributed by atoms with Gasteiger partial charge in [-0.2, -0.15) is 0 Å². The van der Waals surface area contributed by atoms with Crippen LogP contribution in [0, 0.1) is 11.6 Å². The molecule has 0 saturated carbocycles. The van der Waals surface area contributed by atoms with Crippen LogP contribution in [-0.4, -0.2) is 30.4 Å². The summed E-state index contributed by atoms with van der Waals surface area (Å²) >= 11 is 0. The zero-order valence-electron chi connectivity index (χ0n) is 9.20. The fraction of sp³-hybridized carbons (Fsp3) is 0.400. The van der Waals surface area contributed by atoms with E-state index >= 15 is 0 Å². The Labute approximate surface area is 94.9 Å². The monoisotopic (exact) mass is 248 g/mol. The lowest BCUT2D eigenvalue weighted by Gasteiger charge is -2.11. The van der Waals surface area contributed by atoms with E-state index in [-0.39, 0.29) is 0 Å². The maximum Gasteiger partial charge on any atom is 0.483 e. The van der Waals surface area contributed by atoms with Crippen LogP contribution in [0.3, 0.4) is 0 Å². The van der Waals surface area contributed by atoms with Gasteiger partial charge in [-0.3, -0.25) is 0 Å². The van der Waals surface area contributed by atoms with Crippen molar-refractivity contribution in [2.45, 2.75) is 6.42 Å². The Morgan fingerprint density at radius 1 is 1.12 bits per heavy atom. The van der Waals surface area contributed by atoms with Crippen molar-refractivity contribution in [1.82, 2.24) is 0 Å². The third-order valence-electron chi connectivity index (χ3n) is 2.01. The number of halogens is 2. The van der Waals surface area contributed by atoms with Crippen molar-refractivity contribution in [3.8, 4) is 0 Å². The van der Waals surface area contributed by atoms with Gasteiger partial charge in [-0.25, -0.2) is 8.78 Å². The first kappa shape index (κ1) is 13.2. The van der Waals surface area contributed by atoms with Crippen LogP contribution >= 0.6 is 0 Å². The van der Waals surface area contributed by atoms with E-state index in [1.165, 1.54) is 20.3 Å². The van der Waals surface area contributed by atoms with Crippen LogP contribution in [-0.2, 0) is 19.7 Å². The Bertz CT molecular complexity index is 332. The smallest absolute Gasteiger partial charge is 0.379 e. The van der Waals surface area contributed by atoms with Crippen LogP contribution in [0.5, 0.6) is 0 Å². The molecule has 0 heterocycles. The van der Waals surface area contributed by atoms with E-state index in [2.05, 4.69) is 0 Å². The summed E-state index contributed by atoms with van der Waals surface area (Å²) in [6, 6.07) is 3.79. The second-order valence-corrected chi connectivity index (χ2v) is 4.98. The molecule has 1 aromatic rings. The summed E-state index contributed by atoms with van der Waals surface area (Å²) in [5, 5.41) is 0. The summed E-state index contributed by atoms with van der Waals surface area (Å²) in [4.78, 5) is 0. The van der Waals surface area contributed by atoms with E-state index < -0.39 is 21.2 Å². The van der Waals surface area contributed by atoms with Gasteiger partial charge in [0.1, 0.15) is 0 Å². The van der Waals surface area contributed by atoms with Crippen LogP contribution < -0.4 is 0 Å². The van der Waals surface area contributed by atoms with E-state index in [0.717, 1.165) is 12.1 Å². The predicted molar refractivity (Wildman–Crippen MR) is 57.2 cm³/mol. The maximum atomic E-state index is 12.8. The first-order chi connectivity index (χ1) is 7.67. The van der Waals surface area contributed by atoms with Crippen LogP contribution in [0.4, 0.5) is 8.78 Å². The van der Waals surface area contributed by atoms with Gasteiger partial charge in [-0.05, 0) is 24.1 Å². The fourth-order valence-electron chi connectivity index (χ4n) is 1.20. The molecular weight excluding hydrogens is 234 g/mol. The molecule has 0 saturated heterocycles. The summed E-state index contributed by atoms with van der Waals surface area (Å²) in [6.07, 6.45) is 0.493. The van der Waals surface area contributed by atoms with Crippen LogP contribution in [0.2, 0.25) is 0 Å². The molecule has 0 aliphatic heterocycles. The third kappa shape index (κ3) is 3.97. The van der Waals surface area contributed by atoms with E-state index in [1.807, 2.05) is 0 Å². The van der Waals surface area contributed by atoms with Crippen molar-refractivity contribution in [3.05, 3.63) is 35.4 Å². The van der Waals surface area contributed by atoms with E-state index in [9.17, 15) is 8.78 Å². The van der Waals surface area contributed by atoms with Crippen molar-refractivity contribution < 1.29 is 22.1 Å². The number of hydrogen-bond donors (Lipinski definition) is 0. The van der Waals surface area contributed by atoms with Crippen LogP contribution in [0.25, 0.3) is 0 Å². The van der Waals surface area contributed by atoms with Gasteiger partial charge in [-0.15, -0.1) is 0 Å². The minimum atomic E-state index is -2.02. The average Bonchev–Trinajstić information content (AvgIpc) is 2.29. The zero-order chi connectivity index (χ0) is 12.0. The molecule has 0 aromatic heterocycles. The molecule has 0 unspecified atom stereocenters. The first-order valence-electron chi connectivity index (χ1n) is 4.78. The Balaban J connectivity index is 2.40. The van der Waals surface area contributed by atoms with Crippen molar-refractivity contribution in [3.63, 3.8) is 0 Å². The van der Waals surface area contributed by atoms with Crippen LogP contribution in [0.15, 0.2) is 18.2 Å². The topological polar surface area (TPSA) is 27.7 Å². The summed E-state index contributed by atoms with van der Waals surface area (Å²) < 4.78 is 40.6. The second kappa shape index (κ2) is 6.69. The lowest BCUT2D eigenvalue weighted by Crippen LogP contribution is -2.24. The average molecular weight is 248 g/mol. The highest BCUT2D eigenvalue weighted by atomic mass is 28.3. The summed E-state index contributed by atoms with van der Waals surface area (Å²) in [7, 11) is 1.00. The third-order valence-corrected chi connectivity index (χ3v) is 3.29. The standard InChI is InChI=1S/C10H14F2O3Si/c1-13-16(14-2)15-6-5-8-3-4-9(11)10(12)7-8/h3-4,7,16H,5-6H2,1-2H3. The van der Waals surface area contributed by atoms with E-state index in [4.69, 9.17) is 13.3 Å². The zero-order valence-corrected chi connectivity index (χ0v) is 10.4. The molecule has 90 valence electrons. The van der Waals surface area contributed by atoms with Gasteiger partial charge >= 0.3 is 9.53 Å². The lowest BCUT2D eigenvalue weighted by atomic mass is 10.1. The van der Waals surface area contributed by atoms with Gasteiger partial charge in [0.05, 0.1) is 0 Å². The van der Waals surface area contributed by atoms with E-state index in [1.54, 1.807) is 0 Å². The highest BCUT2D eigenvalue weighted by molar-refractivity contribution is 6.36. The normalized spacial score (nSPS) is 11.1. The SMILES string of the molecule is CO[SiH](OC)OCCc1ccc(F)c(F)c1. The molecule has 0 fully saturated rings. The fourth-order valence-corrected chi connectivity index (χ4v) is 1.98. The number of hydrogen-bond acceptors (Lipinski definition) is 3. The molecule has 0 bridgehead atoms. The molecule has 3 nitrogen and oxygen atoms in total. The number of rotatable bonds is 6. The first-order valence-corrected chi connectivity index (χ1v) is 6.20. The lowest BCUT2D eigenvalue weighted by molar-refractivity contribution is 0.137. The molecule has 0 N–H and O–H groups in total. The molecule has 0 radical (unpaired) electrons. The Kier molecular flexibility index (Phi) is 5.54. The van der Waals surface area contributed by atoms with Gasteiger partial charge in [0, 0.05) is 20.8 Å². The van der Waals surface area contributed by atoms with E-state index in [0.29, 0.717) is 18.6 Å². The largest absolute Gasteiger partial charge is 0.483 e. The quantitative estimate of drug-likeness (QED) is 0.715. The summed E-state index contributed by atoms with van der Waals surface area (Å²) in [6.45, 7) is 0.365. The molecule has 0 aliphatic carbocycles. The molecule has 16 heavy (non-hydrogen) atoms. The number of benzene rings is 1. The van der Waals surface area contributed by atoms with Crippen LogP contribution in [0.1, 0.15) is 5.56 Å². The molecule has 0 aliphatic rings. The van der Waals surface area contributed by atoms with Gasteiger partial charge in [0.15, 0.2) is 11.6 Å². The summed E-state index contributed by atoms with van der Waals surface area (Å²) in [5.41, 5.74) is 0.679. The Hall–Kier alpha value is -0.823. The molecule has 6 heteroatoms. The Morgan fingerprint density at radius 2 is 1.81 bits per heavy atom. The van der Waals surface area contributed by atoms with Crippen molar-refractivity contribution in [2.75, 3.05) is 20.8 Å². The molecule has 0 spiro atoms. The predicted octanol–water partition coefficient (Wildman–Crippen LogP) is 1.53. The van der Waals surface area contributed by atoms with Crippen molar-refractivity contribution in [2.24, 2.45) is 0 Å². The summed E-state index contributed by atoms with van der Waals surface area (Å²) in [5.74, 6) is -1.68. The van der Waals surface area contributed by atoms with Gasteiger partial charge in [0.2, 0.25) is 0 Å². The van der Waals surface area contributed by atoms with Gasteiger partial charge < -0.3 is 13.3 Å². The Morgan fingerprint density at radius 3 is 2.38 bits per heavy atom. The molecule has 0 amide bonds. The molecule has 1 rings (SSSR count). The van der Waals surface area contributed by atoms with Crippen molar-refractivity contribution >= 4 is 9.53 Å².